The van der Waals surface area contributed by atoms with Crippen molar-refractivity contribution in [3.05, 3.63) is 0 Å². The fourth-order valence-corrected chi connectivity index (χ4v) is 1.34. The second-order valence-corrected chi connectivity index (χ2v) is 4.04. The lowest BCUT2D eigenvalue weighted by atomic mass is 10.2. The molecular formula is C11H26N2O2. The summed E-state index contributed by atoms with van der Waals surface area (Å²) in [7, 11) is 3.82. The van der Waals surface area contributed by atoms with Crippen molar-refractivity contribution in [3.63, 3.8) is 0 Å². The highest BCUT2D eigenvalue weighted by atomic mass is 16.5. The molecule has 0 amide bonds. The van der Waals surface area contributed by atoms with Gasteiger partial charge in [-0.05, 0) is 33.4 Å². The molecular weight excluding hydrogens is 192 g/mol. The normalized spacial score (nSPS) is 13.4. The van der Waals surface area contributed by atoms with Crippen LogP contribution in [-0.2, 0) is 4.74 Å². The van der Waals surface area contributed by atoms with E-state index >= 15 is 0 Å². The van der Waals surface area contributed by atoms with Gasteiger partial charge in [-0.15, -0.1) is 0 Å². The van der Waals surface area contributed by atoms with E-state index in [2.05, 4.69) is 17.3 Å². The number of hydrogen-bond donors (Lipinski definition) is 2. The number of rotatable bonds is 10. The third kappa shape index (κ3) is 11.8. The molecule has 0 fully saturated rings. The predicted octanol–water partition coefficient (Wildman–Crippen LogP) is 0.315. The molecule has 1 atom stereocenters. The maximum absolute atomic E-state index is 9.09. The van der Waals surface area contributed by atoms with Crippen LogP contribution in [0.15, 0.2) is 0 Å². The van der Waals surface area contributed by atoms with Crippen LogP contribution in [0, 0.1) is 0 Å². The third-order valence-corrected chi connectivity index (χ3v) is 2.31. The number of aliphatic hydroxyl groups is 1. The van der Waals surface area contributed by atoms with Gasteiger partial charge in [0.1, 0.15) is 0 Å². The summed E-state index contributed by atoms with van der Waals surface area (Å²) in [5.74, 6) is 0. The molecule has 0 aromatic carbocycles. The summed E-state index contributed by atoms with van der Waals surface area (Å²) in [5.41, 5.74) is 0. The lowest BCUT2D eigenvalue weighted by molar-refractivity contribution is 0.174. The SMILES string of the molecule is COCCNCCN(C)CCCC(C)O. The van der Waals surface area contributed by atoms with Crippen LogP contribution >= 0.6 is 0 Å². The Bertz CT molecular complexity index is 132. The predicted molar refractivity (Wildman–Crippen MR) is 63.2 cm³/mol. The fourth-order valence-electron chi connectivity index (χ4n) is 1.34. The molecule has 92 valence electrons. The minimum Gasteiger partial charge on any atom is -0.393 e. The van der Waals surface area contributed by atoms with Gasteiger partial charge in [0.05, 0.1) is 12.7 Å². The van der Waals surface area contributed by atoms with Crippen LogP contribution in [0.1, 0.15) is 19.8 Å². The van der Waals surface area contributed by atoms with Gasteiger partial charge in [-0.2, -0.15) is 0 Å². The van der Waals surface area contributed by atoms with Crippen LogP contribution in [0.3, 0.4) is 0 Å². The van der Waals surface area contributed by atoms with Crippen molar-refractivity contribution < 1.29 is 9.84 Å². The van der Waals surface area contributed by atoms with E-state index in [1.165, 1.54) is 0 Å². The van der Waals surface area contributed by atoms with E-state index in [9.17, 15) is 0 Å². The number of hydrogen-bond acceptors (Lipinski definition) is 4. The van der Waals surface area contributed by atoms with Gasteiger partial charge in [-0.1, -0.05) is 0 Å². The maximum atomic E-state index is 9.09. The summed E-state index contributed by atoms with van der Waals surface area (Å²) in [4.78, 5) is 2.28. The van der Waals surface area contributed by atoms with E-state index in [0.717, 1.165) is 45.6 Å². The Morgan fingerprint density at radius 3 is 2.67 bits per heavy atom. The summed E-state index contributed by atoms with van der Waals surface area (Å²) in [5, 5.41) is 12.4. The molecule has 1 unspecified atom stereocenters. The Labute approximate surface area is 93.6 Å². The topological polar surface area (TPSA) is 44.7 Å². The van der Waals surface area contributed by atoms with E-state index in [1.54, 1.807) is 7.11 Å². The van der Waals surface area contributed by atoms with Crippen molar-refractivity contribution in [2.24, 2.45) is 0 Å². The van der Waals surface area contributed by atoms with Gasteiger partial charge in [0.25, 0.3) is 0 Å². The highest BCUT2D eigenvalue weighted by Gasteiger charge is 1.99. The second kappa shape index (κ2) is 10.4. The number of likely N-dealkylation sites (N-methyl/N-ethyl adjacent to an activating group) is 1. The van der Waals surface area contributed by atoms with Crippen molar-refractivity contribution in [2.75, 3.05) is 46.9 Å². The number of ether oxygens (including phenoxy) is 1. The van der Waals surface area contributed by atoms with Crippen molar-refractivity contribution in [2.45, 2.75) is 25.9 Å². The first-order valence-corrected chi connectivity index (χ1v) is 5.73. The van der Waals surface area contributed by atoms with E-state index in [4.69, 9.17) is 9.84 Å². The average Bonchev–Trinajstić information content (AvgIpc) is 2.17. The minimum absolute atomic E-state index is 0.168. The standard InChI is InChI=1S/C11H26N2O2/c1-11(14)5-4-8-13(2)9-6-12-7-10-15-3/h11-12,14H,4-10H2,1-3H3. The van der Waals surface area contributed by atoms with Crippen LogP contribution in [0.4, 0.5) is 0 Å². The number of methoxy groups -OCH3 is 1. The molecule has 0 aliphatic carbocycles. The van der Waals surface area contributed by atoms with E-state index < -0.39 is 0 Å². The molecule has 0 bridgehead atoms. The highest BCUT2D eigenvalue weighted by Crippen LogP contribution is 1.96. The summed E-state index contributed by atoms with van der Waals surface area (Å²) in [6.07, 6.45) is 1.78. The number of nitrogens with zero attached hydrogens (tertiary/aromatic N) is 1. The van der Waals surface area contributed by atoms with E-state index in [-0.39, 0.29) is 6.10 Å². The first-order chi connectivity index (χ1) is 7.16. The minimum atomic E-state index is -0.168. The molecule has 0 spiro atoms. The molecule has 0 saturated carbocycles. The summed E-state index contributed by atoms with van der Waals surface area (Å²) >= 11 is 0. The van der Waals surface area contributed by atoms with Gasteiger partial charge >= 0.3 is 0 Å². The van der Waals surface area contributed by atoms with Crippen LogP contribution in [0.25, 0.3) is 0 Å². The lowest BCUT2D eigenvalue weighted by Gasteiger charge is -2.17. The summed E-state index contributed by atoms with van der Waals surface area (Å²) in [6, 6.07) is 0. The zero-order chi connectivity index (χ0) is 11.5. The molecule has 0 saturated heterocycles. The van der Waals surface area contributed by atoms with E-state index in [0.29, 0.717) is 0 Å². The Balaban J connectivity index is 3.15. The smallest absolute Gasteiger partial charge is 0.0587 e. The average molecular weight is 218 g/mol. The van der Waals surface area contributed by atoms with Crippen LogP contribution < -0.4 is 5.32 Å². The zero-order valence-corrected chi connectivity index (χ0v) is 10.3. The molecule has 4 nitrogen and oxygen atoms in total. The monoisotopic (exact) mass is 218 g/mol. The van der Waals surface area contributed by atoms with Gasteiger partial charge in [0.2, 0.25) is 0 Å². The third-order valence-electron chi connectivity index (χ3n) is 2.31. The largest absolute Gasteiger partial charge is 0.393 e. The molecule has 0 aliphatic heterocycles. The molecule has 0 aromatic heterocycles. The maximum Gasteiger partial charge on any atom is 0.0587 e. The van der Waals surface area contributed by atoms with Gasteiger partial charge in [0.15, 0.2) is 0 Å². The molecule has 0 aliphatic rings. The Kier molecular flexibility index (Phi) is 10.3. The van der Waals surface area contributed by atoms with Crippen LogP contribution in [0.2, 0.25) is 0 Å². The van der Waals surface area contributed by atoms with E-state index in [1.807, 2.05) is 6.92 Å². The van der Waals surface area contributed by atoms with Gasteiger partial charge in [-0.3, -0.25) is 0 Å². The number of nitrogens with one attached hydrogen (secondary N) is 1. The van der Waals surface area contributed by atoms with Crippen LogP contribution in [-0.4, -0.2) is 63.1 Å². The lowest BCUT2D eigenvalue weighted by Crippen LogP contribution is -2.31. The van der Waals surface area contributed by atoms with Crippen molar-refractivity contribution in [1.82, 2.24) is 10.2 Å². The quantitative estimate of drug-likeness (QED) is 0.518. The fraction of sp³-hybridized carbons (Fsp3) is 1.00. The second-order valence-electron chi connectivity index (χ2n) is 4.04. The Morgan fingerprint density at radius 2 is 2.07 bits per heavy atom. The molecule has 0 aromatic rings. The highest BCUT2D eigenvalue weighted by molar-refractivity contribution is 4.56. The van der Waals surface area contributed by atoms with Gasteiger partial charge < -0.3 is 20.1 Å². The van der Waals surface area contributed by atoms with Crippen molar-refractivity contribution >= 4 is 0 Å². The summed E-state index contributed by atoms with van der Waals surface area (Å²) in [6.45, 7) is 6.62. The molecule has 0 radical (unpaired) electrons. The van der Waals surface area contributed by atoms with Crippen LogP contribution in [0.5, 0.6) is 0 Å². The number of aliphatic hydroxyl groups excluding tert-OH is 1. The van der Waals surface area contributed by atoms with Crippen molar-refractivity contribution in [3.8, 4) is 0 Å². The van der Waals surface area contributed by atoms with Crippen molar-refractivity contribution in [1.29, 1.82) is 0 Å². The molecule has 15 heavy (non-hydrogen) atoms. The molecule has 2 N–H and O–H groups in total. The van der Waals surface area contributed by atoms with Gasteiger partial charge in [-0.25, -0.2) is 0 Å². The van der Waals surface area contributed by atoms with Gasteiger partial charge in [0, 0.05) is 26.7 Å². The molecule has 0 heterocycles. The Hall–Kier alpha value is -0.160. The molecule has 0 rings (SSSR count). The first-order valence-electron chi connectivity index (χ1n) is 5.73. The molecule has 4 heteroatoms. The Morgan fingerprint density at radius 1 is 1.33 bits per heavy atom. The summed E-state index contributed by atoms with van der Waals surface area (Å²) < 4.78 is 4.94. The zero-order valence-electron chi connectivity index (χ0n) is 10.3. The first kappa shape index (κ1) is 14.8.